The van der Waals surface area contributed by atoms with Crippen LogP contribution in [0.2, 0.25) is 0 Å². The zero-order valence-electron chi connectivity index (χ0n) is 13.0. The van der Waals surface area contributed by atoms with E-state index in [1.54, 1.807) is 10.9 Å². The molecule has 0 bridgehead atoms. The predicted octanol–water partition coefficient (Wildman–Crippen LogP) is 2.93. The van der Waals surface area contributed by atoms with Gasteiger partial charge >= 0.3 is 0 Å². The van der Waals surface area contributed by atoms with Crippen LogP contribution in [0.3, 0.4) is 0 Å². The maximum absolute atomic E-state index is 4.61. The summed E-state index contributed by atoms with van der Waals surface area (Å²) >= 11 is 0. The van der Waals surface area contributed by atoms with Gasteiger partial charge in [-0.2, -0.15) is 4.68 Å². The monoisotopic (exact) mass is 304 g/mol. The summed E-state index contributed by atoms with van der Waals surface area (Å²) in [6.45, 7) is 3.98. The molecule has 0 amide bonds. The molecule has 0 aliphatic carbocycles. The van der Waals surface area contributed by atoms with Crippen LogP contribution in [0.5, 0.6) is 0 Å². The van der Waals surface area contributed by atoms with E-state index >= 15 is 0 Å². The lowest BCUT2D eigenvalue weighted by Crippen LogP contribution is -2.13. The highest BCUT2D eigenvalue weighted by Gasteiger charge is 2.19. The molecule has 0 fully saturated rings. The highest BCUT2D eigenvalue weighted by molar-refractivity contribution is 5.75. The van der Waals surface area contributed by atoms with E-state index in [9.17, 15) is 0 Å². The molecule has 23 heavy (non-hydrogen) atoms. The molecule has 6 heteroatoms. The number of hydrogen-bond donors (Lipinski definition) is 0. The molecule has 1 atom stereocenters. The first-order chi connectivity index (χ1) is 11.2. The number of pyridine rings is 1. The van der Waals surface area contributed by atoms with Crippen molar-refractivity contribution in [3.8, 4) is 5.82 Å². The van der Waals surface area contributed by atoms with Gasteiger partial charge in [-0.3, -0.25) is 0 Å². The second-order valence-corrected chi connectivity index (χ2v) is 5.43. The lowest BCUT2D eigenvalue weighted by atomic mass is 10.2. The molecule has 0 aliphatic rings. The molecule has 0 N–H and O–H groups in total. The van der Waals surface area contributed by atoms with E-state index in [-0.39, 0.29) is 6.04 Å². The van der Waals surface area contributed by atoms with Crippen molar-refractivity contribution in [2.45, 2.75) is 19.9 Å². The van der Waals surface area contributed by atoms with Crippen LogP contribution in [-0.2, 0) is 0 Å². The second kappa shape index (κ2) is 5.31. The number of rotatable bonds is 3. The number of nitrogens with zero attached hydrogens (tertiary/aromatic N) is 6. The molecule has 4 aromatic rings. The number of hydrogen-bond acceptors (Lipinski definition) is 4. The molecule has 0 spiro atoms. The molecular formula is C17H16N6. The Kier molecular flexibility index (Phi) is 3.15. The summed E-state index contributed by atoms with van der Waals surface area (Å²) in [5.41, 5.74) is 2.05. The number of aromatic nitrogens is 6. The van der Waals surface area contributed by atoms with Gasteiger partial charge in [0.15, 0.2) is 11.6 Å². The number of imidazole rings is 1. The van der Waals surface area contributed by atoms with Crippen molar-refractivity contribution in [2.24, 2.45) is 0 Å². The Balaban J connectivity index is 1.85. The van der Waals surface area contributed by atoms with Crippen molar-refractivity contribution in [3.63, 3.8) is 0 Å². The molecule has 3 heterocycles. The van der Waals surface area contributed by atoms with E-state index < -0.39 is 0 Å². The summed E-state index contributed by atoms with van der Waals surface area (Å²) in [7, 11) is 0. The van der Waals surface area contributed by atoms with Gasteiger partial charge in [-0.05, 0) is 38.1 Å². The Labute approximate surface area is 133 Å². The largest absolute Gasteiger partial charge is 0.320 e. The summed E-state index contributed by atoms with van der Waals surface area (Å²) in [5.74, 6) is 2.32. The van der Waals surface area contributed by atoms with Crippen LogP contribution in [0.25, 0.3) is 16.9 Å². The standard InChI is InChI=1S/C17H16N6/c1-12(22-11-19-14-7-3-4-8-15(14)22)17-20-13(2)21-23(17)16-9-5-6-10-18-16/h3-12H,1-2H3. The van der Waals surface area contributed by atoms with E-state index in [1.807, 2.05) is 49.6 Å². The quantitative estimate of drug-likeness (QED) is 0.584. The fourth-order valence-electron chi connectivity index (χ4n) is 2.76. The summed E-state index contributed by atoms with van der Waals surface area (Å²) < 4.78 is 3.91. The van der Waals surface area contributed by atoms with Crippen LogP contribution in [0.4, 0.5) is 0 Å². The highest BCUT2D eigenvalue weighted by atomic mass is 15.4. The Morgan fingerprint density at radius 2 is 1.83 bits per heavy atom. The SMILES string of the molecule is Cc1nc(C(C)n2cnc3ccccc32)n(-c2ccccn2)n1. The molecule has 3 aromatic heterocycles. The van der Waals surface area contributed by atoms with Gasteiger partial charge in [-0.1, -0.05) is 18.2 Å². The summed E-state index contributed by atoms with van der Waals surface area (Å²) in [4.78, 5) is 13.5. The minimum Gasteiger partial charge on any atom is -0.320 e. The minimum absolute atomic E-state index is 0.00870. The van der Waals surface area contributed by atoms with Crippen molar-refractivity contribution in [1.29, 1.82) is 0 Å². The Morgan fingerprint density at radius 1 is 1.00 bits per heavy atom. The van der Waals surface area contributed by atoms with Crippen LogP contribution in [-0.4, -0.2) is 29.3 Å². The zero-order chi connectivity index (χ0) is 15.8. The summed E-state index contributed by atoms with van der Waals surface area (Å²) in [6.07, 6.45) is 3.61. The topological polar surface area (TPSA) is 61.4 Å². The maximum atomic E-state index is 4.61. The third kappa shape index (κ3) is 2.28. The minimum atomic E-state index is -0.00870. The summed E-state index contributed by atoms with van der Waals surface area (Å²) in [5, 5.41) is 4.50. The molecule has 114 valence electrons. The average Bonchev–Trinajstić information content (AvgIpc) is 3.19. The molecule has 1 unspecified atom stereocenters. The summed E-state index contributed by atoms with van der Waals surface area (Å²) in [6, 6.07) is 13.8. The first kappa shape index (κ1) is 13.6. The van der Waals surface area contributed by atoms with Crippen LogP contribution in [0.1, 0.15) is 24.6 Å². The van der Waals surface area contributed by atoms with Crippen molar-refractivity contribution in [1.82, 2.24) is 29.3 Å². The van der Waals surface area contributed by atoms with Crippen LogP contribution >= 0.6 is 0 Å². The van der Waals surface area contributed by atoms with Gasteiger partial charge in [0, 0.05) is 6.20 Å². The van der Waals surface area contributed by atoms with E-state index in [1.165, 1.54) is 0 Å². The first-order valence-corrected chi connectivity index (χ1v) is 7.50. The Bertz CT molecular complexity index is 954. The van der Waals surface area contributed by atoms with Crippen molar-refractivity contribution in [2.75, 3.05) is 0 Å². The van der Waals surface area contributed by atoms with E-state index in [4.69, 9.17) is 0 Å². The molecule has 0 radical (unpaired) electrons. The van der Waals surface area contributed by atoms with Gasteiger partial charge in [0.1, 0.15) is 5.82 Å². The highest BCUT2D eigenvalue weighted by Crippen LogP contribution is 2.23. The van der Waals surface area contributed by atoms with Gasteiger partial charge < -0.3 is 4.57 Å². The van der Waals surface area contributed by atoms with Crippen molar-refractivity contribution in [3.05, 3.63) is 66.6 Å². The van der Waals surface area contributed by atoms with Crippen LogP contribution in [0, 0.1) is 6.92 Å². The van der Waals surface area contributed by atoms with Crippen LogP contribution < -0.4 is 0 Å². The van der Waals surface area contributed by atoms with Crippen molar-refractivity contribution >= 4 is 11.0 Å². The van der Waals surface area contributed by atoms with Gasteiger partial charge in [0.25, 0.3) is 0 Å². The second-order valence-electron chi connectivity index (χ2n) is 5.43. The predicted molar refractivity (Wildman–Crippen MR) is 87.4 cm³/mol. The molecule has 0 saturated heterocycles. The number of para-hydroxylation sites is 2. The fraction of sp³-hybridized carbons (Fsp3) is 0.176. The lowest BCUT2D eigenvalue weighted by molar-refractivity contribution is 0.589. The average molecular weight is 304 g/mol. The number of aryl methyl sites for hydroxylation is 1. The lowest BCUT2D eigenvalue weighted by Gasteiger charge is -2.14. The molecule has 1 aromatic carbocycles. The zero-order valence-corrected chi connectivity index (χ0v) is 13.0. The van der Waals surface area contributed by atoms with Gasteiger partial charge in [0.05, 0.1) is 23.4 Å². The van der Waals surface area contributed by atoms with Gasteiger partial charge in [0.2, 0.25) is 0 Å². The smallest absolute Gasteiger partial charge is 0.157 e. The molecule has 0 saturated carbocycles. The molecular weight excluding hydrogens is 288 g/mol. The van der Waals surface area contributed by atoms with E-state index in [0.29, 0.717) is 0 Å². The Hall–Kier alpha value is -3.02. The van der Waals surface area contributed by atoms with Gasteiger partial charge in [-0.15, -0.1) is 5.10 Å². The third-order valence-electron chi connectivity index (χ3n) is 3.88. The van der Waals surface area contributed by atoms with Crippen LogP contribution in [0.15, 0.2) is 55.0 Å². The maximum Gasteiger partial charge on any atom is 0.157 e. The first-order valence-electron chi connectivity index (χ1n) is 7.50. The fourth-order valence-corrected chi connectivity index (χ4v) is 2.76. The van der Waals surface area contributed by atoms with E-state index in [0.717, 1.165) is 28.5 Å². The normalized spacial score (nSPS) is 12.6. The number of benzene rings is 1. The third-order valence-corrected chi connectivity index (χ3v) is 3.88. The Morgan fingerprint density at radius 3 is 2.65 bits per heavy atom. The molecule has 0 aliphatic heterocycles. The number of fused-ring (bicyclic) bond motifs is 1. The molecule has 6 nitrogen and oxygen atoms in total. The van der Waals surface area contributed by atoms with Gasteiger partial charge in [-0.25, -0.2) is 15.0 Å². The van der Waals surface area contributed by atoms with E-state index in [2.05, 4.69) is 37.6 Å². The molecule has 4 rings (SSSR count). The van der Waals surface area contributed by atoms with Crippen molar-refractivity contribution < 1.29 is 0 Å².